The molecule has 1 unspecified atom stereocenters. The van der Waals surface area contributed by atoms with Crippen molar-refractivity contribution in [1.29, 1.82) is 0 Å². The summed E-state index contributed by atoms with van der Waals surface area (Å²) in [5.41, 5.74) is 3.37. The van der Waals surface area contributed by atoms with E-state index < -0.39 is 0 Å². The number of urea groups is 1. The van der Waals surface area contributed by atoms with Gasteiger partial charge < -0.3 is 14.6 Å². The second-order valence-corrected chi connectivity index (χ2v) is 7.10. The van der Waals surface area contributed by atoms with Gasteiger partial charge in [0.15, 0.2) is 0 Å². The van der Waals surface area contributed by atoms with Gasteiger partial charge in [-0.15, -0.1) is 0 Å². The van der Waals surface area contributed by atoms with E-state index in [0.717, 1.165) is 34.6 Å². The average molecular weight is 404 g/mol. The first-order valence-electron chi connectivity index (χ1n) is 9.94. The Balaban J connectivity index is 1.80. The number of aromatic nitrogens is 2. The number of hydrogen-bond donors (Lipinski definition) is 1. The number of hydrogen-bond acceptors (Lipinski definition) is 5. The summed E-state index contributed by atoms with van der Waals surface area (Å²) in [6.45, 7) is 4.58. The van der Waals surface area contributed by atoms with Gasteiger partial charge in [-0.25, -0.2) is 4.79 Å². The highest BCUT2D eigenvalue weighted by molar-refractivity contribution is 5.86. The third-order valence-corrected chi connectivity index (χ3v) is 5.16. The number of nitrogens with zero attached hydrogens (tertiary/aromatic N) is 3. The van der Waals surface area contributed by atoms with E-state index in [4.69, 9.17) is 9.26 Å². The molecule has 0 radical (unpaired) electrons. The predicted octanol–water partition coefficient (Wildman–Crippen LogP) is 4.65. The minimum atomic E-state index is -0.370. The molecule has 2 amide bonds. The molecule has 1 aliphatic rings. The third-order valence-electron chi connectivity index (χ3n) is 5.16. The standard InChI is InChI=1S/C23H24N4O3/c1-4-13-27-15(2)19(20(24-23(27)28)16-9-6-5-7-10-16)22-25-21(26-30-22)17-11-8-12-18(14-17)29-3/h5-12,14,20H,4,13H2,1-3H3,(H,24,28). The van der Waals surface area contributed by atoms with Gasteiger partial charge in [-0.2, -0.15) is 4.98 Å². The number of nitrogens with one attached hydrogen (secondary N) is 1. The van der Waals surface area contributed by atoms with E-state index in [-0.39, 0.29) is 12.1 Å². The van der Waals surface area contributed by atoms with Crippen LogP contribution in [-0.2, 0) is 0 Å². The van der Waals surface area contributed by atoms with Crippen molar-refractivity contribution in [2.24, 2.45) is 0 Å². The third kappa shape index (κ3) is 3.66. The Bertz CT molecular complexity index is 1070. The van der Waals surface area contributed by atoms with Crippen LogP contribution >= 0.6 is 0 Å². The fraction of sp³-hybridized carbons (Fsp3) is 0.261. The van der Waals surface area contributed by atoms with Crippen molar-refractivity contribution in [3.63, 3.8) is 0 Å². The summed E-state index contributed by atoms with van der Waals surface area (Å²) in [6, 6.07) is 16.8. The summed E-state index contributed by atoms with van der Waals surface area (Å²) in [7, 11) is 1.62. The number of ether oxygens (including phenoxy) is 1. The van der Waals surface area contributed by atoms with Crippen LogP contribution in [-0.4, -0.2) is 34.7 Å². The molecule has 1 aliphatic heterocycles. The Morgan fingerprint density at radius 2 is 1.97 bits per heavy atom. The minimum Gasteiger partial charge on any atom is -0.497 e. The van der Waals surface area contributed by atoms with Gasteiger partial charge in [-0.05, 0) is 31.0 Å². The summed E-state index contributed by atoms with van der Waals surface area (Å²) in [6.07, 6.45) is 0.840. The normalized spacial score (nSPS) is 16.6. The zero-order chi connectivity index (χ0) is 21.1. The quantitative estimate of drug-likeness (QED) is 0.647. The topological polar surface area (TPSA) is 80.5 Å². The second-order valence-electron chi connectivity index (χ2n) is 7.10. The smallest absolute Gasteiger partial charge is 0.322 e. The van der Waals surface area contributed by atoms with E-state index in [1.54, 1.807) is 12.0 Å². The van der Waals surface area contributed by atoms with Crippen molar-refractivity contribution >= 4 is 11.6 Å². The van der Waals surface area contributed by atoms with Gasteiger partial charge in [0.2, 0.25) is 5.82 Å². The number of rotatable bonds is 6. The van der Waals surface area contributed by atoms with Crippen LogP contribution in [0.1, 0.15) is 37.8 Å². The summed E-state index contributed by atoms with van der Waals surface area (Å²) in [5.74, 6) is 1.57. The van der Waals surface area contributed by atoms with Gasteiger partial charge in [0, 0.05) is 17.8 Å². The zero-order valence-corrected chi connectivity index (χ0v) is 17.3. The molecule has 0 spiro atoms. The molecule has 2 aromatic carbocycles. The fourth-order valence-electron chi connectivity index (χ4n) is 3.66. The second kappa shape index (κ2) is 8.41. The molecule has 2 heterocycles. The SMILES string of the molecule is CCCN1C(=O)NC(c2ccccc2)C(c2nc(-c3cccc(OC)c3)no2)=C1C. The number of carbonyl (C=O) groups is 1. The van der Waals surface area contributed by atoms with E-state index in [9.17, 15) is 4.79 Å². The number of benzene rings is 2. The Morgan fingerprint density at radius 3 is 2.70 bits per heavy atom. The van der Waals surface area contributed by atoms with Crippen LogP contribution in [0.5, 0.6) is 5.75 Å². The molecular formula is C23H24N4O3. The van der Waals surface area contributed by atoms with Crippen LogP contribution in [0.15, 0.2) is 64.8 Å². The Hall–Kier alpha value is -3.61. The zero-order valence-electron chi connectivity index (χ0n) is 17.3. The van der Waals surface area contributed by atoms with Gasteiger partial charge in [0.1, 0.15) is 5.75 Å². The molecule has 0 saturated carbocycles. The largest absolute Gasteiger partial charge is 0.497 e. The lowest BCUT2D eigenvalue weighted by Gasteiger charge is -2.35. The number of allylic oxidation sites excluding steroid dienone is 1. The number of amides is 2. The monoisotopic (exact) mass is 404 g/mol. The van der Waals surface area contributed by atoms with Crippen LogP contribution in [0.3, 0.4) is 0 Å². The lowest BCUT2D eigenvalue weighted by Crippen LogP contribution is -2.46. The highest BCUT2D eigenvalue weighted by Crippen LogP contribution is 2.37. The first-order valence-corrected chi connectivity index (χ1v) is 9.94. The highest BCUT2D eigenvalue weighted by atomic mass is 16.5. The van der Waals surface area contributed by atoms with E-state index in [0.29, 0.717) is 18.3 Å². The Kier molecular flexibility index (Phi) is 5.52. The van der Waals surface area contributed by atoms with Crippen LogP contribution in [0.25, 0.3) is 17.0 Å². The summed E-state index contributed by atoms with van der Waals surface area (Å²) in [5, 5.41) is 7.28. The van der Waals surface area contributed by atoms with E-state index in [2.05, 4.69) is 15.5 Å². The molecule has 0 fully saturated rings. The van der Waals surface area contributed by atoms with E-state index >= 15 is 0 Å². The van der Waals surface area contributed by atoms with Crippen LogP contribution in [0.4, 0.5) is 4.79 Å². The molecule has 30 heavy (non-hydrogen) atoms. The molecule has 7 nitrogen and oxygen atoms in total. The van der Waals surface area contributed by atoms with Gasteiger partial charge in [0.25, 0.3) is 5.89 Å². The maximum atomic E-state index is 12.8. The molecule has 1 atom stereocenters. The molecule has 0 bridgehead atoms. The maximum absolute atomic E-state index is 12.8. The van der Waals surface area contributed by atoms with Gasteiger partial charge in [-0.1, -0.05) is 54.5 Å². The van der Waals surface area contributed by atoms with Crippen molar-refractivity contribution in [2.45, 2.75) is 26.3 Å². The van der Waals surface area contributed by atoms with Gasteiger partial charge >= 0.3 is 6.03 Å². The summed E-state index contributed by atoms with van der Waals surface area (Å²) < 4.78 is 11.0. The first-order chi connectivity index (χ1) is 14.6. The van der Waals surface area contributed by atoms with Crippen LogP contribution in [0, 0.1) is 0 Å². The Morgan fingerprint density at radius 1 is 1.17 bits per heavy atom. The highest BCUT2D eigenvalue weighted by Gasteiger charge is 2.35. The van der Waals surface area contributed by atoms with Crippen LogP contribution < -0.4 is 10.1 Å². The van der Waals surface area contributed by atoms with Gasteiger partial charge in [0.05, 0.1) is 18.7 Å². The molecule has 3 aromatic rings. The van der Waals surface area contributed by atoms with Crippen molar-refractivity contribution in [2.75, 3.05) is 13.7 Å². The van der Waals surface area contributed by atoms with E-state index in [1.807, 2.05) is 68.4 Å². The minimum absolute atomic E-state index is 0.125. The summed E-state index contributed by atoms with van der Waals surface area (Å²) in [4.78, 5) is 19.1. The van der Waals surface area contributed by atoms with E-state index in [1.165, 1.54) is 0 Å². The van der Waals surface area contributed by atoms with Crippen LogP contribution in [0.2, 0.25) is 0 Å². The average Bonchev–Trinajstić information content (AvgIpc) is 3.26. The molecule has 7 heteroatoms. The van der Waals surface area contributed by atoms with Gasteiger partial charge in [-0.3, -0.25) is 4.90 Å². The molecule has 0 saturated heterocycles. The first kappa shape index (κ1) is 19.7. The predicted molar refractivity (Wildman–Crippen MR) is 114 cm³/mol. The molecular weight excluding hydrogens is 380 g/mol. The number of methoxy groups -OCH3 is 1. The van der Waals surface area contributed by atoms with Crippen molar-refractivity contribution in [3.05, 3.63) is 71.7 Å². The molecule has 0 aliphatic carbocycles. The molecule has 154 valence electrons. The number of carbonyl (C=O) groups excluding carboxylic acids is 1. The lowest BCUT2D eigenvalue weighted by molar-refractivity contribution is 0.205. The molecule has 4 rings (SSSR count). The van der Waals surface area contributed by atoms with Crippen molar-refractivity contribution in [3.8, 4) is 17.1 Å². The summed E-state index contributed by atoms with van der Waals surface area (Å²) >= 11 is 0. The van der Waals surface area contributed by atoms with Crippen molar-refractivity contribution in [1.82, 2.24) is 20.4 Å². The van der Waals surface area contributed by atoms with Crippen molar-refractivity contribution < 1.29 is 14.1 Å². The molecule has 1 N–H and O–H groups in total. The maximum Gasteiger partial charge on any atom is 0.322 e. The fourth-order valence-corrected chi connectivity index (χ4v) is 3.66. The Labute approximate surface area is 175 Å². The molecule has 1 aromatic heterocycles. The lowest BCUT2D eigenvalue weighted by atomic mass is 9.94.